The maximum atomic E-state index is 13.0. The highest BCUT2D eigenvalue weighted by Gasteiger charge is 2.36. The van der Waals surface area contributed by atoms with Crippen LogP contribution < -0.4 is 10.2 Å². The van der Waals surface area contributed by atoms with Gasteiger partial charge in [-0.05, 0) is 43.2 Å². The Balaban J connectivity index is 1.46. The summed E-state index contributed by atoms with van der Waals surface area (Å²) in [5.74, 6) is -0.885. The molecule has 0 radical (unpaired) electrons. The van der Waals surface area contributed by atoms with Crippen molar-refractivity contribution in [2.45, 2.75) is 33.0 Å². The van der Waals surface area contributed by atoms with Gasteiger partial charge in [0.25, 0.3) is 0 Å². The van der Waals surface area contributed by atoms with Gasteiger partial charge in [0.05, 0.1) is 18.0 Å². The van der Waals surface area contributed by atoms with Gasteiger partial charge in [0.15, 0.2) is 11.5 Å². The molecule has 1 aliphatic rings. The predicted molar refractivity (Wildman–Crippen MR) is 106 cm³/mol. The topological polar surface area (TPSA) is 79.6 Å². The van der Waals surface area contributed by atoms with Crippen LogP contribution in [0, 0.1) is 19.8 Å². The van der Waals surface area contributed by atoms with Gasteiger partial charge >= 0.3 is 6.18 Å². The van der Waals surface area contributed by atoms with Crippen LogP contribution in [-0.4, -0.2) is 33.0 Å². The van der Waals surface area contributed by atoms with Crippen molar-refractivity contribution in [3.63, 3.8) is 0 Å². The molecule has 1 aromatic carbocycles. The van der Waals surface area contributed by atoms with Crippen molar-refractivity contribution in [3.8, 4) is 0 Å². The zero-order valence-corrected chi connectivity index (χ0v) is 16.9. The van der Waals surface area contributed by atoms with Crippen LogP contribution >= 0.6 is 0 Å². The van der Waals surface area contributed by atoms with Crippen LogP contribution in [0.4, 0.5) is 18.9 Å². The summed E-state index contributed by atoms with van der Waals surface area (Å²) in [7, 11) is 0. The third-order valence-electron chi connectivity index (χ3n) is 5.58. The lowest BCUT2D eigenvalue weighted by Crippen LogP contribution is -2.33. The lowest BCUT2D eigenvalue weighted by Gasteiger charge is -2.20. The summed E-state index contributed by atoms with van der Waals surface area (Å²) in [5.41, 5.74) is 2.22. The van der Waals surface area contributed by atoms with E-state index in [2.05, 4.69) is 15.5 Å². The van der Waals surface area contributed by atoms with Crippen LogP contribution in [0.5, 0.6) is 0 Å². The highest BCUT2D eigenvalue weighted by atomic mass is 19.4. The average molecular weight is 431 g/mol. The molecule has 3 aromatic rings. The highest BCUT2D eigenvalue weighted by molar-refractivity contribution is 6.00. The van der Waals surface area contributed by atoms with E-state index < -0.39 is 17.7 Å². The highest BCUT2D eigenvalue weighted by Crippen LogP contribution is 2.30. The molecule has 1 saturated heterocycles. The molecule has 162 valence electrons. The lowest BCUT2D eigenvalue weighted by molar-refractivity contribution is -0.138. The molecule has 0 saturated carbocycles. The molecular weight excluding hydrogens is 411 g/mol. The van der Waals surface area contributed by atoms with Gasteiger partial charge in [-0.3, -0.25) is 14.0 Å². The molecule has 0 aliphatic carbocycles. The van der Waals surface area contributed by atoms with Crippen molar-refractivity contribution < 1.29 is 22.8 Å². The second kappa shape index (κ2) is 7.68. The number of hydrogen-bond donors (Lipinski definition) is 1. The van der Waals surface area contributed by atoms with Crippen molar-refractivity contribution in [1.82, 2.24) is 19.9 Å². The number of nitrogens with zero attached hydrogens (tertiary/aromatic N) is 4. The number of pyridine rings is 1. The quantitative estimate of drug-likeness (QED) is 0.689. The van der Waals surface area contributed by atoms with Gasteiger partial charge in [0, 0.05) is 24.8 Å². The minimum absolute atomic E-state index is 0.0675. The van der Waals surface area contributed by atoms with Crippen LogP contribution in [-0.2, 0) is 22.3 Å². The second-order valence-electron chi connectivity index (χ2n) is 7.60. The Bertz CT molecular complexity index is 1170. The average Bonchev–Trinajstić information content (AvgIpc) is 3.30. The van der Waals surface area contributed by atoms with Crippen molar-refractivity contribution in [2.24, 2.45) is 5.92 Å². The second-order valence-corrected chi connectivity index (χ2v) is 7.60. The number of fused-ring (bicyclic) bond motifs is 1. The van der Waals surface area contributed by atoms with Crippen molar-refractivity contribution >= 4 is 23.1 Å². The number of alkyl halides is 3. The van der Waals surface area contributed by atoms with Gasteiger partial charge in [-0.2, -0.15) is 13.2 Å². The maximum Gasteiger partial charge on any atom is 0.417 e. The molecule has 31 heavy (non-hydrogen) atoms. The van der Waals surface area contributed by atoms with E-state index in [0.717, 1.165) is 29.1 Å². The number of aryl methyl sites for hydroxylation is 1. The molecule has 1 atom stereocenters. The zero-order valence-electron chi connectivity index (χ0n) is 16.9. The third-order valence-corrected chi connectivity index (χ3v) is 5.58. The summed E-state index contributed by atoms with van der Waals surface area (Å²) in [6, 6.07) is 7.82. The summed E-state index contributed by atoms with van der Waals surface area (Å²) in [6.07, 6.45) is -3.53. The van der Waals surface area contributed by atoms with E-state index in [1.165, 1.54) is 10.5 Å². The van der Waals surface area contributed by atoms with E-state index in [9.17, 15) is 22.8 Å². The Morgan fingerprint density at radius 3 is 2.71 bits per heavy atom. The summed E-state index contributed by atoms with van der Waals surface area (Å²) in [6.45, 7) is 4.02. The van der Waals surface area contributed by atoms with E-state index in [-0.39, 0.29) is 42.8 Å². The molecule has 3 heterocycles. The Morgan fingerprint density at radius 2 is 1.97 bits per heavy atom. The summed E-state index contributed by atoms with van der Waals surface area (Å²) in [4.78, 5) is 26.8. The normalized spacial score (nSPS) is 16.9. The van der Waals surface area contributed by atoms with Crippen LogP contribution in [0.25, 0.3) is 5.65 Å². The number of aromatic nitrogens is 3. The van der Waals surface area contributed by atoms with Gasteiger partial charge in [0.1, 0.15) is 0 Å². The Hall–Kier alpha value is -3.43. The third kappa shape index (κ3) is 3.97. The monoisotopic (exact) mass is 431 g/mol. The number of nitrogens with one attached hydrogen (secondary N) is 1. The number of amides is 2. The molecule has 1 unspecified atom stereocenters. The Morgan fingerprint density at radius 1 is 1.19 bits per heavy atom. The number of hydrogen-bond acceptors (Lipinski definition) is 4. The van der Waals surface area contributed by atoms with Gasteiger partial charge in [-0.1, -0.05) is 12.1 Å². The lowest BCUT2D eigenvalue weighted by atomic mass is 10.1. The standard InChI is InChI=1S/C21H20F3N5O2/c1-12-4-3-5-16(13(12)2)28-10-14(8-19(28)30)20(31)25-9-18-27-26-17-7-6-15(11-29(17)18)21(22,23)24/h3-7,11,14H,8-10H2,1-2H3,(H,25,31). The van der Waals surface area contributed by atoms with Crippen LogP contribution in [0.3, 0.4) is 0 Å². The molecule has 10 heteroatoms. The fourth-order valence-corrected chi connectivity index (χ4v) is 3.68. The number of rotatable bonds is 4. The Labute approximate surface area is 175 Å². The molecule has 2 amide bonds. The Kier molecular flexibility index (Phi) is 5.16. The van der Waals surface area contributed by atoms with Crippen molar-refractivity contribution in [2.75, 3.05) is 11.4 Å². The van der Waals surface area contributed by atoms with Gasteiger partial charge in [0.2, 0.25) is 11.8 Å². The molecule has 0 bridgehead atoms. The molecule has 1 aliphatic heterocycles. The molecular formula is C21H20F3N5O2. The molecule has 1 fully saturated rings. The first-order valence-electron chi connectivity index (χ1n) is 9.70. The largest absolute Gasteiger partial charge is 0.417 e. The van der Waals surface area contributed by atoms with Gasteiger partial charge in [-0.15, -0.1) is 10.2 Å². The fourth-order valence-electron chi connectivity index (χ4n) is 3.68. The van der Waals surface area contributed by atoms with Crippen LogP contribution in [0.15, 0.2) is 36.5 Å². The van der Waals surface area contributed by atoms with Crippen LogP contribution in [0.2, 0.25) is 0 Å². The first-order chi connectivity index (χ1) is 14.6. The zero-order chi connectivity index (χ0) is 22.3. The number of benzene rings is 1. The molecule has 0 spiro atoms. The van der Waals surface area contributed by atoms with E-state index in [4.69, 9.17) is 0 Å². The number of carbonyl (C=O) groups is 2. The summed E-state index contributed by atoms with van der Waals surface area (Å²) < 4.78 is 40.1. The SMILES string of the molecule is Cc1cccc(N2CC(C(=O)NCc3nnc4ccc(C(F)(F)F)cn34)CC2=O)c1C. The summed E-state index contributed by atoms with van der Waals surface area (Å²) >= 11 is 0. The van der Waals surface area contributed by atoms with Crippen LogP contribution in [0.1, 0.15) is 28.9 Å². The minimum atomic E-state index is -4.50. The molecule has 2 aromatic heterocycles. The van der Waals surface area contributed by atoms with Crippen molar-refractivity contribution in [3.05, 3.63) is 59.0 Å². The number of carbonyl (C=O) groups excluding carboxylic acids is 2. The van der Waals surface area contributed by atoms with Gasteiger partial charge < -0.3 is 10.2 Å². The van der Waals surface area contributed by atoms with Gasteiger partial charge in [-0.25, -0.2) is 0 Å². The van der Waals surface area contributed by atoms with E-state index in [1.807, 2.05) is 32.0 Å². The molecule has 7 nitrogen and oxygen atoms in total. The fraction of sp³-hybridized carbons (Fsp3) is 0.333. The molecule has 4 rings (SSSR count). The smallest absolute Gasteiger partial charge is 0.348 e. The first kappa shape index (κ1) is 20.8. The van der Waals surface area contributed by atoms with E-state index >= 15 is 0 Å². The first-order valence-corrected chi connectivity index (χ1v) is 9.70. The minimum Gasteiger partial charge on any atom is -0.348 e. The summed E-state index contributed by atoms with van der Waals surface area (Å²) in [5, 5.41) is 10.4. The predicted octanol–water partition coefficient (Wildman–Crippen LogP) is 3.03. The van der Waals surface area contributed by atoms with E-state index in [0.29, 0.717) is 0 Å². The molecule has 1 N–H and O–H groups in total. The van der Waals surface area contributed by atoms with E-state index in [1.54, 1.807) is 4.90 Å². The van der Waals surface area contributed by atoms with Crippen molar-refractivity contribution in [1.29, 1.82) is 0 Å². The number of anilines is 1. The maximum absolute atomic E-state index is 13.0. The number of halogens is 3.